The molecule has 0 atom stereocenters. The lowest BCUT2D eigenvalue weighted by Crippen LogP contribution is -1.81. The van der Waals surface area contributed by atoms with Crippen molar-refractivity contribution in [1.82, 2.24) is 0 Å². The third-order valence-corrected chi connectivity index (χ3v) is 1.48. The van der Waals surface area contributed by atoms with Crippen LogP contribution in [0.1, 0.15) is 11.1 Å². The first-order valence-corrected chi connectivity index (χ1v) is 3.02. The first kappa shape index (κ1) is 5.86. The summed E-state index contributed by atoms with van der Waals surface area (Å²) in [6.07, 6.45) is 0. The van der Waals surface area contributed by atoms with Gasteiger partial charge in [-0.2, -0.15) is 0 Å². The van der Waals surface area contributed by atoms with Crippen LogP contribution < -0.4 is 0 Å². The number of fused-ring (bicyclic) bond motifs is 1. The van der Waals surface area contributed by atoms with Gasteiger partial charge >= 0.3 is 0 Å². The summed E-state index contributed by atoms with van der Waals surface area (Å²) in [4.78, 5) is 0. The SMILES string of the molecule is Fc1ccc2c(c1)[C]OC2. The van der Waals surface area contributed by atoms with Crippen LogP contribution in [0.3, 0.4) is 0 Å². The average molecular weight is 136 g/mol. The maximum atomic E-state index is 12.5. The third kappa shape index (κ3) is 0.809. The van der Waals surface area contributed by atoms with Crippen LogP contribution >= 0.6 is 0 Å². The average Bonchev–Trinajstić information content (AvgIpc) is 2.33. The van der Waals surface area contributed by atoms with Crippen LogP contribution in [-0.4, -0.2) is 0 Å². The second-order valence-electron chi connectivity index (χ2n) is 2.19. The van der Waals surface area contributed by atoms with E-state index >= 15 is 0 Å². The van der Waals surface area contributed by atoms with Crippen LogP contribution in [0, 0.1) is 12.4 Å². The number of ether oxygens (including phenoxy) is 1. The highest BCUT2D eigenvalue weighted by Crippen LogP contribution is 2.21. The van der Waals surface area contributed by atoms with Gasteiger partial charge in [-0.15, -0.1) is 0 Å². The number of hydrogen-bond donors (Lipinski definition) is 0. The van der Waals surface area contributed by atoms with E-state index in [9.17, 15) is 4.39 Å². The van der Waals surface area contributed by atoms with Crippen molar-refractivity contribution in [3.8, 4) is 0 Å². The second kappa shape index (κ2) is 2.06. The van der Waals surface area contributed by atoms with Crippen LogP contribution in [0.4, 0.5) is 4.39 Å². The van der Waals surface area contributed by atoms with Crippen LogP contribution in [0.2, 0.25) is 0 Å². The van der Waals surface area contributed by atoms with Crippen molar-refractivity contribution in [1.29, 1.82) is 0 Å². The Morgan fingerprint density at radius 2 is 2.40 bits per heavy atom. The molecule has 0 aromatic heterocycles. The zero-order chi connectivity index (χ0) is 6.97. The fraction of sp³-hybridized carbons (Fsp3) is 0.125. The van der Waals surface area contributed by atoms with E-state index in [4.69, 9.17) is 4.74 Å². The number of hydrogen-bond acceptors (Lipinski definition) is 1. The van der Waals surface area contributed by atoms with E-state index in [2.05, 4.69) is 6.61 Å². The Kier molecular flexibility index (Phi) is 1.21. The van der Waals surface area contributed by atoms with Crippen LogP contribution in [0.25, 0.3) is 0 Å². The molecule has 1 aliphatic rings. The molecule has 2 radical (unpaired) electrons. The Hall–Kier alpha value is -0.890. The van der Waals surface area contributed by atoms with Gasteiger partial charge in [-0.25, -0.2) is 4.39 Å². The van der Waals surface area contributed by atoms with Crippen molar-refractivity contribution in [3.05, 3.63) is 41.8 Å². The summed E-state index contributed by atoms with van der Waals surface area (Å²) >= 11 is 0. The molecule has 2 rings (SSSR count). The molecule has 0 unspecified atom stereocenters. The molecule has 10 heavy (non-hydrogen) atoms. The molecule has 1 heterocycles. The highest BCUT2D eigenvalue weighted by molar-refractivity contribution is 5.34. The lowest BCUT2D eigenvalue weighted by molar-refractivity contribution is 0.223. The molecule has 1 aliphatic heterocycles. The summed E-state index contributed by atoms with van der Waals surface area (Å²) < 4.78 is 17.3. The van der Waals surface area contributed by atoms with Crippen molar-refractivity contribution in [3.63, 3.8) is 0 Å². The van der Waals surface area contributed by atoms with Crippen molar-refractivity contribution in [2.75, 3.05) is 0 Å². The Morgan fingerprint density at radius 1 is 1.50 bits per heavy atom. The molecular formula is C8H5FO. The standard InChI is InChI=1S/C8H5FO/c9-8-2-1-6-4-10-5-7(6)3-8/h1-3H,4H2. The quantitative estimate of drug-likeness (QED) is 0.527. The molecule has 0 aliphatic carbocycles. The maximum absolute atomic E-state index is 12.5. The number of benzene rings is 1. The first-order valence-electron chi connectivity index (χ1n) is 3.02. The normalized spacial score (nSPS) is 15.3. The fourth-order valence-corrected chi connectivity index (χ4v) is 0.961. The molecule has 0 saturated heterocycles. The largest absolute Gasteiger partial charge is 0.358 e. The van der Waals surface area contributed by atoms with E-state index in [0.29, 0.717) is 6.61 Å². The summed E-state index contributed by atoms with van der Waals surface area (Å²) in [5.74, 6) is -0.239. The predicted octanol–water partition coefficient (Wildman–Crippen LogP) is 1.74. The van der Waals surface area contributed by atoms with Crippen LogP contribution in [-0.2, 0) is 11.3 Å². The Bertz CT molecular complexity index is 257. The Morgan fingerprint density at radius 3 is 3.30 bits per heavy atom. The van der Waals surface area contributed by atoms with E-state index in [1.165, 1.54) is 12.1 Å². The topological polar surface area (TPSA) is 9.23 Å². The van der Waals surface area contributed by atoms with Gasteiger partial charge in [0.1, 0.15) is 5.82 Å². The number of rotatable bonds is 0. The highest BCUT2D eigenvalue weighted by atomic mass is 19.1. The van der Waals surface area contributed by atoms with Gasteiger partial charge in [0, 0.05) is 0 Å². The second-order valence-corrected chi connectivity index (χ2v) is 2.19. The van der Waals surface area contributed by atoms with Crippen molar-refractivity contribution in [2.45, 2.75) is 6.61 Å². The molecular weight excluding hydrogens is 131 g/mol. The molecule has 0 amide bonds. The van der Waals surface area contributed by atoms with Gasteiger partial charge in [0.15, 0.2) is 6.61 Å². The number of halogens is 1. The Balaban J connectivity index is 2.52. The lowest BCUT2D eigenvalue weighted by atomic mass is 10.1. The molecule has 0 saturated carbocycles. The molecule has 0 bridgehead atoms. The molecule has 0 N–H and O–H groups in total. The molecule has 50 valence electrons. The summed E-state index contributed by atoms with van der Waals surface area (Å²) in [6, 6.07) is 4.56. The molecule has 0 spiro atoms. The van der Waals surface area contributed by atoms with Gasteiger partial charge in [0.05, 0.1) is 6.61 Å². The molecule has 1 aromatic rings. The molecule has 1 nitrogen and oxygen atoms in total. The Labute approximate surface area is 58.4 Å². The minimum atomic E-state index is -0.239. The monoisotopic (exact) mass is 136 g/mol. The molecule has 0 fully saturated rings. The van der Waals surface area contributed by atoms with Gasteiger partial charge in [0.25, 0.3) is 0 Å². The summed E-state index contributed by atoms with van der Waals surface area (Å²) in [5.41, 5.74) is 1.74. The molecule has 1 aromatic carbocycles. The lowest BCUT2D eigenvalue weighted by Gasteiger charge is -1.92. The maximum Gasteiger partial charge on any atom is 0.167 e. The van der Waals surface area contributed by atoms with Crippen LogP contribution in [0.15, 0.2) is 18.2 Å². The van der Waals surface area contributed by atoms with Crippen molar-refractivity contribution >= 4 is 0 Å². The first-order chi connectivity index (χ1) is 4.86. The third-order valence-electron chi connectivity index (χ3n) is 1.48. The van der Waals surface area contributed by atoms with Gasteiger partial charge in [-0.3, -0.25) is 0 Å². The van der Waals surface area contributed by atoms with E-state index in [-0.39, 0.29) is 5.82 Å². The van der Waals surface area contributed by atoms with Gasteiger partial charge in [0.2, 0.25) is 0 Å². The fourth-order valence-electron chi connectivity index (χ4n) is 0.961. The summed E-state index contributed by atoms with van der Waals surface area (Å²) in [7, 11) is 0. The summed E-state index contributed by atoms with van der Waals surface area (Å²) in [6.45, 7) is 3.12. The highest BCUT2D eigenvalue weighted by Gasteiger charge is 2.12. The van der Waals surface area contributed by atoms with E-state index in [0.717, 1.165) is 11.1 Å². The smallest absolute Gasteiger partial charge is 0.167 e. The van der Waals surface area contributed by atoms with Gasteiger partial charge in [-0.05, 0) is 23.3 Å². The minimum Gasteiger partial charge on any atom is -0.358 e. The minimum absolute atomic E-state index is 0.239. The van der Waals surface area contributed by atoms with Gasteiger partial charge in [-0.1, -0.05) is 6.07 Å². The van der Waals surface area contributed by atoms with Crippen molar-refractivity contribution < 1.29 is 9.13 Å². The van der Waals surface area contributed by atoms with Crippen molar-refractivity contribution in [2.24, 2.45) is 0 Å². The van der Waals surface area contributed by atoms with E-state index < -0.39 is 0 Å². The predicted molar refractivity (Wildman–Crippen MR) is 33.5 cm³/mol. The van der Waals surface area contributed by atoms with E-state index in [1.54, 1.807) is 6.07 Å². The zero-order valence-corrected chi connectivity index (χ0v) is 5.23. The summed E-state index contributed by atoms with van der Waals surface area (Å²) in [5, 5.41) is 0. The molecule has 2 heteroatoms. The van der Waals surface area contributed by atoms with Gasteiger partial charge < -0.3 is 4.74 Å². The zero-order valence-electron chi connectivity index (χ0n) is 5.23. The van der Waals surface area contributed by atoms with E-state index in [1.807, 2.05) is 0 Å². The van der Waals surface area contributed by atoms with Crippen LogP contribution in [0.5, 0.6) is 0 Å².